The van der Waals surface area contributed by atoms with Gasteiger partial charge in [0.1, 0.15) is 5.56 Å². The number of carbonyl (C=O) groups excluding carboxylic acids is 2. The van der Waals surface area contributed by atoms with E-state index in [2.05, 4.69) is 5.10 Å². The van der Waals surface area contributed by atoms with Gasteiger partial charge in [0.2, 0.25) is 0 Å². The van der Waals surface area contributed by atoms with Gasteiger partial charge in [-0.25, -0.2) is 9.48 Å². The Morgan fingerprint density at radius 2 is 1.78 bits per heavy atom. The summed E-state index contributed by atoms with van der Waals surface area (Å²) in [4.78, 5) is 26.6. The molecule has 1 fully saturated rings. The Morgan fingerprint density at radius 3 is 2.41 bits per heavy atom. The van der Waals surface area contributed by atoms with Crippen LogP contribution in [0.2, 0.25) is 0 Å². The lowest BCUT2D eigenvalue weighted by Crippen LogP contribution is -2.49. The number of carbonyl (C=O) groups is 2. The van der Waals surface area contributed by atoms with E-state index in [4.69, 9.17) is 9.47 Å². The molecule has 0 unspecified atom stereocenters. The lowest BCUT2D eigenvalue weighted by molar-refractivity contribution is -0.146. The fraction of sp³-hybridized carbons (Fsp3) is 0.450. The lowest BCUT2D eigenvalue weighted by Gasteiger charge is -2.35. The third-order valence-electron chi connectivity index (χ3n) is 4.60. The van der Waals surface area contributed by atoms with E-state index in [0.717, 1.165) is 5.69 Å². The zero-order chi connectivity index (χ0) is 19.6. The molecular weight excluding hydrogens is 346 g/mol. The van der Waals surface area contributed by atoms with Gasteiger partial charge in [-0.1, -0.05) is 18.2 Å². The number of rotatable bonds is 4. The first-order valence-electron chi connectivity index (χ1n) is 9.08. The highest BCUT2D eigenvalue weighted by Gasteiger charge is 2.27. The van der Waals surface area contributed by atoms with Gasteiger partial charge in [0.25, 0.3) is 5.91 Å². The number of para-hydroxylation sites is 1. The van der Waals surface area contributed by atoms with Crippen LogP contribution < -0.4 is 0 Å². The number of ether oxygens (including phenoxy) is 2. The SMILES string of the molecule is Cc1nn(-c2ccccc2)c(C)c1C(=O)OCC(=O)N1C[C@H](C)O[C@@H](C)C1. The number of esters is 1. The van der Waals surface area contributed by atoms with Gasteiger partial charge in [-0.05, 0) is 39.8 Å². The quantitative estimate of drug-likeness (QED) is 0.771. The van der Waals surface area contributed by atoms with Gasteiger partial charge in [0.15, 0.2) is 6.61 Å². The lowest BCUT2D eigenvalue weighted by atomic mass is 10.2. The maximum atomic E-state index is 12.6. The summed E-state index contributed by atoms with van der Waals surface area (Å²) in [5.74, 6) is -0.744. The van der Waals surface area contributed by atoms with Crippen molar-refractivity contribution in [1.29, 1.82) is 0 Å². The zero-order valence-corrected chi connectivity index (χ0v) is 16.1. The van der Waals surface area contributed by atoms with E-state index in [1.54, 1.807) is 16.5 Å². The topological polar surface area (TPSA) is 73.7 Å². The molecule has 0 radical (unpaired) electrons. The molecule has 0 N–H and O–H groups in total. The number of hydrogen-bond acceptors (Lipinski definition) is 5. The highest BCUT2D eigenvalue weighted by molar-refractivity contribution is 5.93. The molecular formula is C20H25N3O4. The molecule has 0 aliphatic carbocycles. The molecule has 0 saturated carbocycles. The highest BCUT2D eigenvalue weighted by Crippen LogP contribution is 2.19. The third kappa shape index (κ3) is 4.19. The first-order chi connectivity index (χ1) is 12.9. The van der Waals surface area contributed by atoms with Gasteiger partial charge in [-0.2, -0.15) is 5.10 Å². The first-order valence-corrected chi connectivity index (χ1v) is 9.08. The summed E-state index contributed by atoms with van der Waals surface area (Å²) in [6, 6.07) is 9.57. The van der Waals surface area contributed by atoms with E-state index < -0.39 is 5.97 Å². The van der Waals surface area contributed by atoms with Crippen molar-refractivity contribution < 1.29 is 19.1 Å². The predicted octanol–water partition coefficient (Wildman–Crippen LogP) is 2.28. The minimum Gasteiger partial charge on any atom is -0.452 e. The van der Waals surface area contributed by atoms with Crippen LogP contribution in [0.4, 0.5) is 0 Å². The number of morpholine rings is 1. The molecule has 0 bridgehead atoms. The molecule has 144 valence electrons. The molecule has 1 saturated heterocycles. The molecule has 7 nitrogen and oxygen atoms in total. The molecule has 2 heterocycles. The molecule has 1 amide bonds. The van der Waals surface area contributed by atoms with E-state index in [1.165, 1.54) is 0 Å². The maximum Gasteiger partial charge on any atom is 0.342 e. The van der Waals surface area contributed by atoms with Crippen molar-refractivity contribution in [2.75, 3.05) is 19.7 Å². The van der Waals surface area contributed by atoms with E-state index >= 15 is 0 Å². The van der Waals surface area contributed by atoms with Gasteiger partial charge in [0, 0.05) is 13.1 Å². The Balaban J connectivity index is 1.68. The second-order valence-corrected chi connectivity index (χ2v) is 6.93. The van der Waals surface area contributed by atoms with Gasteiger partial charge < -0.3 is 14.4 Å². The summed E-state index contributed by atoms with van der Waals surface area (Å²) in [6.07, 6.45) is -0.0519. The van der Waals surface area contributed by atoms with Crippen molar-refractivity contribution in [3.8, 4) is 5.69 Å². The van der Waals surface area contributed by atoms with Gasteiger partial charge in [0.05, 0.1) is 29.3 Å². The molecule has 1 aliphatic rings. The second kappa shape index (κ2) is 7.92. The fourth-order valence-electron chi connectivity index (χ4n) is 3.43. The summed E-state index contributed by atoms with van der Waals surface area (Å²) in [5.41, 5.74) is 2.52. The number of hydrogen-bond donors (Lipinski definition) is 0. The van der Waals surface area contributed by atoms with Gasteiger partial charge >= 0.3 is 5.97 Å². The van der Waals surface area contributed by atoms with Crippen LogP contribution in [0.25, 0.3) is 5.69 Å². The molecule has 0 spiro atoms. The molecule has 1 aromatic heterocycles. The number of aromatic nitrogens is 2. The van der Waals surface area contributed by atoms with Crippen LogP contribution in [-0.4, -0.2) is 58.5 Å². The highest BCUT2D eigenvalue weighted by atomic mass is 16.5. The number of benzene rings is 1. The molecule has 27 heavy (non-hydrogen) atoms. The molecule has 7 heteroatoms. The predicted molar refractivity (Wildman–Crippen MR) is 99.9 cm³/mol. The van der Waals surface area contributed by atoms with Crippen molar-refractivity contribution in [1.82, 2.24) is 14.7 Å². The van der Waals surface area contributed by atoms with Crippen molar-refractivity contribution in [3.63, 3.8) is 0 Å². The van der Waals surface area contributed by atoms with Crippen LogP contribution in [0.15, 0.2) is 30.3 Å². The molecule has 2 aromatic rings. The largest absolute Gasteiger partial charge is 0.452 e. The third-order valence-corrected chi connectivity index (χ3v) is 4.60. The monoisotopic (exact) mass is 371 g/mol. The van der Waals surface area contributed by atoms with Crippen LogP contribution in [0, 0.1) is 13.8 Å². The Morgan fingerprint density at radius 1 is 1.15 bits per heavy atom. The second-order valence-electron chi connectivity index (χ2n) is 6.93. The molecule has 3 rings (SSSR count). The van der Waals surface area contributed by atoms with Gasteiger partial charge in [-0.3, -0.25) is 4.79 Å². The van der Waals surface area contributed by atoms with Crippen LogP contribution in [0.5, 0.6) is 0 Å². The summed E-state index contributed by atoms with van der Waals surface area (Å²) in [5, 5.41) is 4.44. The summed E-state index contributed by atoms with van der Waals surface area (Å²) in [6.45, 7) is 8.15. The van der Waals surface area contributed by atoms with E-state index in [1.807, 2.05) is 51.1 Å². The Bertz CT molecular complexity index is 821. The normalized spacial score (nSPS) is 19.8. The smallest absolute Gasteiger partial charge is 0.342 e. The number of aryl methyl sites for hydroxylation is 1. The van der Waals surface area contributed by atoms with E-state index in [9.17, 15) is 9.59 Å². The Kier molecular flexibility index (Phi) is 5.60. The first kappa shape index (κ1) is 19.1. The fourth-order valence-corrected chi connectivity index (χ4v) is 3.43. The molecule has 1 aliphatic heterocycles. The van der Waals surface area contributed by atoms with Crippen molar-refractivity contribution in [3.05, 3.63) is 47.3 Å². The Hall–Kier alpha value is -2.67. The molecule has 1 aromatic carbocycles. The average molecular weight is 371 g/mol. The van der Waals surface area contributed by atoms with Crippen molar-refractivity contribution >= 4 is 11.9 Å². The van der Waals surface area contributed by atoms with Crippen LogP contribution in [-0.2, 0) is 14.3 Å². The summed E-state index contributed by atoms with van der Waals surface area (Å²) < 4.78 is 12.6. The van der Waals surface area contributed by atoms with Crippen molar-refractivity contribution in [2.24, 2.45) is 0 Å². The van der Waals surface area contributed by atoms with Crippen molar-refractivity contribution in [2.45, 2.75) is 39.9 Å². The van der Waals surface area contributed by atoms with Crippen LogP contribution >= 0.6 is 0 Å². The number of nitrogens with zero attached hydrogens (tertiary/aromatic N) is 3. The van der Waals surface area contributed by atoms with E-state index in [0.29, 0.717) is 30.0 Å². The minimum atomic E-state index is -0.533. The van der Waals surface area contributed by atoms with Gasteiger partial charge in [-0.15, -0.1) is 0 Å². The maximum absolute atomic E-state index is 12.6. The number of amides is 1. The zero-order valence-electron chi connectivity index (χ0n) is 16.1. The Labute approximate surface area is 158 Å². The summed E-state index contributed by atoms with van der Waals surface area (Å²) >= 11 is 0. The van der Waals surface area contributed by atoms with E-state index in [-0.39, 0.29) is 24.7 Å². The van der Waals surface area contributed by atoms with Crippen LogP contribution in [0.1, 0.15) is 35.6 Å². The average Bonchev–Trinajstić information content (AvgIpc) is 2.93. The van der Waals surface area contributed by atoms with Crippen LogP contribution in [0.3, 0.4) is 0 Å². The summed E-state index contributed by atoms with van der Waals surface area (Å²) in [7, 11) is 0. The molecule has 2 atom stereocenters. The minimum absolute atomic E-state index is 0.0259. The standard InChI is InChI=1S/C20H25N3O4/c1-13-10-22(11-14(2)27-13)18(24)12-26-20(25)19-15(3)21-23(16(19)4)17-8-6-5-7-9-17/h5-9,13-14H,10-12H2,1-4H3/t13-,14-/m0/s1.